The van der Waals surface area contributed by atoms with Gasteiger partial charge in [0.15, 0.2) is 0 Å². The normalized spacial score (nSPS) is 21.7. The van der Waals surface area contributed by atoms with Crippen LogP contribution in [-0.4, -0.2) is 47.4 Å². The summed E-state index contributed by atoms with van der Waals surface area (Å²) in [6, 6.07) is 17.4. The van der Waals surface area contributed by atoms with Gasteiger partial charge in [-0.25, -0.2) is 4.98 Å². The quantitative estimate of drug-likeness (QED) is 0.596. The summed E-state index contributed by atoms with van der Waals surface area (Å²) < 4.78 is 1.24. The summed E-state index contributed by atoms with van der Waals surface area (Å²) in [6.45, 7) is 2.16. The monoisotopic (exact) mass is 419 g/mol. The van der Waals surface area contributed by atoms with E-state index in [1.165, 1.54) is 27.3 Å². The van der Waals surface area contributed by atoms with E-state index in [-0.39, 0.29) is 5.91 Å². The second-order valence-corrected chi connectivity index (χ2v) is 9.78. The van der Waals surface area contributed by atoms with Crippen molar-refractivity contribution in [3.63, 3.8) is 0 Å². The van der Waals surface area contributed by atoms with Crippen LogP contribution in [0, 0.1) is 0 Å². The third kappa shape index (κ3) is 3.88. The summed E-state index contributed by atoms with van der Waals surface area (Å²) in [5.74, 6) is 0.618. The molecule has 156 valence electrons. The number of fused-ring (bicyclic) bond motifs is 2. The molecule has 0 radical (unpaired) electrons. The van der Waals surface area contributed by atoms with Gasteiger partial charge in [-0.1, -0.05) is 36.4 Å². The lowest BCUT2D eigenvalue weighted by Gasteiger charge is -2.36. The van der Waals surface area contributed by atoms with Gasteiger partial charge in [-0.05, 0) is 62.4 Å². The molecule has 3 aromatic rings. The van der Waals surface area contributed by atoms with Crippen LogP contribution in [0.5, 0.6) is 0 Å². The lowest BCUT2D eigenvalue weighted by atomic mass is 9.87. The van der Waals surface area contributed by atoms with Crippen molar-refractivity contribution in [2.75, 3.05) is 26.7 Å². The van der Waals surface area contributed by atoms with E-state index in [1.807, 2.05) is 6.07 Å². The highest BCUT2D eigenvalue weighted by molar-refractivity contribution is 7.18. The molecule has 2 aromatic carbocycles. The van der Waals surface area contributed by atoms with Crippen molar-refractivity contribution < 1.29 is 4.79 Å². The Morgan fingerprint density at radius 1 is 1.13 bits per heavy atom. The van der Waals surface area contributed by atoms with E-state index in [0.29, 0.717) is 18.5 Å². The Bertz CT molecular complexity index is 1010. The van der Waals surface area contributed by atoms with Crippen LogP contribution in [0.4, 0.5) is 0 Å². The Hall–Kier alpha value is -2.24. The van der Waals surface area contributed by atoms with Crippen LogP contribution in [-0.2, 0) is 11.2 Å². The van der Waals surface area contributed by atoms with E-state index in [2.05, 4.69) is 59.3 Å². The van der Waals surface area contributed by atoms with E-state index < -0.39 is 0 Å². The summed E-state index contributed by atoms with van der Waals surface area (Å²) in [7, 11) is 2.11. The molecule has 1 aromatic heterocycles. The lowest BCUT2D eigenvalue weighted by Crippen LogP contribution is -2.44. The first-order valence-electron chi connectivity index (χ1n) is 11.1. The summed E-state index contributed by atoms with van der Waals surface area (Å²) in [5.41, 5.74) is 3.93. The standard InChI is InChI=1S/C25H29N3OS/c1-27(22-13-6-9-18-8-2-3-11-20(18)22)17-24(29)28-15-7-10-19(16-28)25-26-21-12-4-5-14-23(21)30-25/h2-5,8,11-12,14,19,22H,6-7,9-10,13,15-17H2,1H3/t19-,22-/m0/s1. The van der Waals surface area contributed by atoms with Crippen molar-refractivity contribution in [2.24, 2.45) is 0 Å². The number of hydrogen-bond acceptors (Lipinski definition) is 4. The Kier molecular flexibility index (Phi) is 5.57. The third-order valence-corrected chi connectivity index (χ3v) is 7.89. The fraction of sp³-hybridized carbons (Fsp3) is 0.440. The van der Waals surface area contributed by atoms with Crippen LogP contribution in [0.1, 0.15) is 53.8 Å². The number of aryl methyl sites for hydroxylation is 1. The molecule has 0 spiro atoms. The number of nitrogens with zero attached hydrogens (tertiary/aromatic N) is 3. The van der Waals surface area contributed by atoms with Crippen molar-refractivity contribution in [1.29, 1.82) is 0 Å². The van der Waals surface area contributed by atoms with E-state index in [1.54, 1.807) is 11.3 Å². The number of carbonyl (C=O) groups excluding carboxylic acids is 1. The van der Waals surface area contributed by atoms with Gasteiger partial charge in [0.1, 0.15) is 0 Å². The number of aromatic nitrogens is 1. The predicted molar refractivity (Wildman–Crippen MR) is 123 cm³/mol. The Labute approximate surface area is 182 Å². The first kappa shape index (κ1) is 19.7. The number of para-hydroxylation sites is 1. The Balaban J connectivity index is 1.26. The number of likely N-dealkylation sites (tertiary alicyclic amines) is 1. The second-order valence-electron chi connectivity index (χ2n) is 8.72. The molecule has 0 saturated carbocycles. The molecule has 1 aliphatic heterocycles. The molecule has 1 aliphatic carbocycles. The third-order valence-electron chi connectivity index (χ3n) is 6.69. The number of thiazole rings is 1. The zero-order valence-electron chi connectivity index (χ0n) is 17.6. The van der Waals surface area contributed by atoms with Crippen molar-refractivity contribution in [1.82, 2.24) is 14.8 Å². The molecule has 0 unspecified atom stereocenters. The van der Waals surface area contributed by atoms with Gasteiger partial charge < -0.3 is 4.90 Å². The summed E-state index contributed by atoms with van der Waals surface area (Å²) in [5, 5.41) is 1.18. The maximum absolute atomic E-state index is 13.2. The van der Waals surface area contributed by atoms with Gasteiger partial charge in [0.25, 0.3) is 0 Å². The van der Waals surface area contributed by atoms with Gasteiger partial charge in [0.05, 0.1) is 21.8 Å². The number of hydrogen-bond donors (Lipinski definition) is 0. The summed E-state index contributed by atoms with van der Waals surface area (Å²) >= 11 is 1.79. The highest BCUT2D eigenvalue weighted by Gasteiger charge is 2.30. The molecule has 0 N–H and O–H groups in total. The SMILES string of the molecule is CN(CC(=O)N1CCC[C@H](c2nc3ccccc3s2)C1)[C@H]1CCCc2ccccc21. The minimum atomic E-state index is 0.256. The van der Waals surface area contributed by atoms with Gasteiger partial charge in [0, 0.05) is 25.0 Å². The zero-order valence-corrected chi connectivity index (χ0v) is 18.4. The van der Waals surface area contributed by atoms with Gasteiger partial charge in [-0.15, -0.1) is 11.3 Å². The molecule has 0 bridgehead atoms. The molecule has 1 saturated heterocycles. The highest BCUT2D eigenvalue weighted by atomic mass is 32.1. The minimum absolute atomic E-state index is 0.256. The number of carbonyl (C=O) groups is 1. The molecule has 5 heteroatoms. The molecule has 1 amide bonds. The molecular formula is C25H29N3OS. The first-order valence-corrected chi connectivity index (χ1v) is 11.9. The number of benzene rings is 2. The van der Waals surface area contributed by atoms with Crippen molar-refractivity contribution >= 4 is 27.5 Å². The molecule has 1 fully saturated rings. The second kappa shape index (κ2) is 8.48. The fourth-order valence-corrected chi connectivity index (χ4v) is 6.17. The van der Waals surface area contributed by atoms with Crippen LogP contribution in [0.15, 0.2) is 48.5 Å². The maximum atomic E-state index is 13.2. The van der Waals surface area contributed by atoms with Crippen molar-refractivity contribution in [2.45, 2.75) is 44.1 Å². The van der Waals surface area contributed by atoms with Crippen LogP contribution in [0.2, 0.25) is 0 Å². The van der Waals surface area contributed by atoms with Gasteiger partial charge in [-0.3, -0.25) is 9.69 Å². The molecule has 2 aliphatic rings. The Morgan fingerprint density at radius 2 is 1.97 bits per heavy atom. The number of likely N-dealkylation sites (N-methyl/N-ethyl adjacent to an activating group) is 1. The van der Waals surface area contributed by atoms with Crippen LogP contribution < -0.4 is 0 Å². The van der Waals surface area contributed by atoms with Gasteiger partial charge in [0.2, 0.25) is 5.91 Å². The van der Waals surface area contributed by atoms with Gasteiger partial charge >= 0.3 is 0 Å². The molecule has 5 rings (SSSR count). The minimum Gasteiger partial charge on any atom is -0.341 e. The van der Waals surface area contributed by atoms with E-state index in [0.717, 1.165) is 44.3 Å². The highest BCUT2D eigenvalue weighted by Crippen LogP contribution is 2.35. The summed E-state index contributed by atoms with van der Waals surface area (Å²) in [6.07, 6.45) is 5.67. The van der Waals surface area contributed by atoms with E-state index in [9.17, 15) is 4.79 Å². The van der Waals surface area contributed by atoms with E-state index >= 15 is 0 Å². The van der Waals surface area contributed by atoms with Crippen LogP contribution in [0.25, 0.3) is 10.2 Å². The first-order chi connectivity index (χ1) is 14.7. The van der Waals surface area contributed by atoms with E-state index in [4.69, 9.17) is 4.98 Å². The lowest BCUT2D eigenvalue weighted by molar-refractivity contribution is -0.134. The van der Waals surface area contributed by atoms with Crippen molar-refractivity contribution in [3.8, 4) is 0 Å². The van der Waals surface area contributed by atoms with Crippen molar-refractivity contribution in [3.05, 3.63) is 64.7 Å². The number of piperidine rings is 1. The fourth-order valence-electron chi connectivity index (χ4n) is 5.08. The van der Waals surface area contributed by atoms with Crippen LogP contribution in [0.3, 0.4) is 0 Å². The largest absolute Gasteiger partial charge is 0.341 e. The molecule has 30 heavy (non-hydrogen) atoms. The Morgan fingerprint density at radius 3 is 2.87 bits per heavy atom. The summed E-state index contributed by atoms with van der Waals surface area (Å²) in [4.78, 5) is 22.4. The predicted octanol–water partition coefficient (Wildman–Crippen LogP) is 5.01. The van der Waals surface area contributed by atoms with Gasteiger partial charge in [-0.2, -0.15) is 0 Å². The number of rotatable bonds is 4. The average Bonchev–Trinajstić information content (AvgIpc) is 3.23. The molecule has 2 heterocycles. The molecule has 4 nitrogen and oxygen atoms in total. The van der Waals surface area contributed by atoms with Crippen LogP contribution >= 0.6 is 11.3 Å². The zero-order chi connectivity index (χ0) is 20.5. The smallest absolute Gasteiger partial charge is 0.236 e. The topological polar surface area (TPSA) is 36.4 Å². The number of amides is 1. The maximum Gasteiger partial charge on any atom is 0.236 e. The molecule has 2 atom stereocenters. The average molecular weight is 420 g/mol. The molecular weight excluding hydrogens is 390 g/mol.